The van der Waals surface area contributed by atoms with Crippen molar-refractivity contribution in [1.29, 1.82) is 0 Å². The Balaban J connectivity index is 1.98. The Labute approximate surface area is 110 Å². The molecule has 5 heteroatoms. The molecule has 3 rings (SSSR count). The lowest BCUT2D eigenvalue weighted by molar-refractivity contribution is 0.606. The van der Waals surface area contributed by atoms with Gasteiger partial charge < -0.3 is 5.43 Å². The van der Waals surface area contributed by atoms with E-state index in [0.29, 0.717) is 11.7 Å². The monoisotopic (exact) mass is 258 g/mol. The second kappa shape index (κ2) is 4.59. The zero-order chi connectivity index (χ0) is 13.4. The summed E-state index contributed by atoms with van der Waals surface area (Å²) < 4.78 is 13.6. The molecular weight excluding hydrogens is 243 g/mol. The van der Waals surface area contributed by atoms with Crippen LogP contribution in [0.3, 0.4) is 0 Å². The van der Waals surface area contributed by atoms with Crippen molar-refractivity contribution in [3.05, 3.63) is 41.3 Å². The van der Waals surface area contributed by atoms with E-state index >= 15 is 0 Å². The molecule has 19 heavy (non-hydrogen) atoms. The van der Waals surface area contributed by atoms with Gasteiger partial charge in [-0.25, -0.2) is 20.2 Å². The number of halogens is 1. The molecule has 0 spiro atoms. The minimum Gasteiger partial charge on any atom is -0.306 e. The largest absolute Gasteiger partial charge is 0.306 e. The van der Waals surface area contributed by atoms with Gasteiger partial charge >= 0.3 is 0 Å². The number of hydrogen-bond acceptors (Lipinski definition) is 4. The van der Waals surface area contributed by atoms with Crippen molar-refractivity contribution in [3.63, 3.8) is 0 Å². The number of hydrogen-bond donors (Lipinski definition) is 2. The number of aryl methyl sites for hydroxylation is 1. The first-order valence-electron chi connectivity index (χ1n) is 6.30. The molecule has 4 nitrogen and oxygen atoms in total. The third-order valence-electron chi connectivity index (χ3n) is 3.37. The molecule has 1 aromatic carbocycles. The number of nitrogen functional groups attached to an aromatic ring is 1. The van der Waals surface area contributed by atoms with E-state index < -0.39 is 5.82 Å². The van der Waals surface area contributed by atoms with Crippen LogP contribution in [0.2, 0.25) is 0 Å². The fourth-order valence-corrected chi connectivity index (χ4v) is 2.11. The minimum absolute atomic E-state index is 0.0220. The van der Waals surface area contributed by atoms with Gasteiger partial charge in [-0.05, 0) is 31.2 Å². The Morgan fingerprint density at radius 3 is 2.47 bits per heavy atom. The summed E-state index contributed by atoms with van der Waals surface area (Å²) in [5.41, 5.74) is 4.75. The van der Waals surface area contributed by atoms with Crippen molar-refractivity contribution >= 4 is 5.82 Å². The van der Waals surface area contributed by atoms with Crippen molar-refractivity contribution in [2.24, 2.45) is 5.84 Å². The van der Waals surface area contributed by atoms with Crippen LogP contribution >= 0.6 is 0 Å². The maximum atomic E-state index is 13.6. The average molecular weight is 258 g/mol. The average Bonchev–Trinajstić information content (AvgIpc) is 3.26. The normalized spacial score (nSPS) is 14.5. The van der Waals surface area contributed by atoms with E-state index in [2.05, 4.69) is 27.5 Å². The smallest absolute Gasteiger partial charge is 0.187 e. The van der Waals surface area contributed by atoms with Crippen molar-refractivity contribution < 1.29 is 4.39 Å². The van der Waals surface area contributed by atoms with Gasteiger partial charge in [0, 0.05) is 5.56 Å². The number of anilines is 1. The van der Waals surface area contributed by atoms with Gasteiger partial charge in [0.05, 0.1) is 5.69 Å². The highest BCUT2D eigenvalue weighted by Crippen LogP contribution is 2.40. The third kappa shape index (κ3) is 2.29. The highest BCUT2D eigenvalue weighted by atomic mass is 19.1. The second-order valence-corrected chi connectivity index (χ2v) is 4.84. The summed E-state index contributed by atoms with van der Waals surface area (Å²) in [4.78, 5) is 8.25. The molecular formula is C14H15FN4. The van der Waals surface area contributed by atoms with Gasteiger partial charge in [0.2, 0.25) is 0 Å². The van der Waals surface area contributed by atoms with Crippen LogP contribution in [0.5, 0.6) is 0 Å². The van der Waals surface area contributed by atoms with E-state index in [0.717, 1.165) is 5.56 Å². The van der Waals surface area contributed by atoms with Crippen LogP contribution in [0, 0.1) is 12.7 Å². The van der Waals surface area contributed by atoms with Crippen LogP contribution in [0.25, 0.3) is 11.4 Å². The molecule has 0 amide bonds. The van der Waals surface area contributed by atoms with Gasteiger partial charge in [0.15, 0.2) is 17.5 Å². The first-order valence-corrected chi connectivity index (χ1v) is 6.30. The molecule has 0 atom stereocenters. The summed E-state index contributed by atoms with van der Waals surface area (Å²) >= 11 is 0. The van der Waals surface area contributed by atoms with Crippen LogP contribution < -0.4 is 11.3 Å². The molecule has 3 N–H and O–H groups in total. The van der Waals surface area contributed by atoms with Crippen LogP contribution in [-0.2, 0) is 0 Å². The van der Waals surface area contributed by atoms with Gasteiger partial charge in [-0.2, -0.15) is 0 Å². The van der Waals surface area contributed by atoms with Gasteiger partial charge in [-0.3, -0.25) is 0 Å². The number of rotatable bonds is 3. The summed E-state index contributed by atoms with van der Waals surface area (Å²) in [6.07, 6.45) is 2.54. The predicted molar refractivity (Wildman–Crippen MR) is 71.9 cm³/mol. The minimum atomic E-state index is -0.513. The van der Waals surface area contributed by atoms with Gasteiger partial charge in [0.25, 0.3) is 0 Å². The van der Waals surface area contributed by atoms with E-state index in [4.69, 9.17) is 5.84 Å². The summed E-state index contributed by atoms with van der Waals surface area (Å²) in [6.45, 7) is 1.60. The van der Waals surface area contributed by atoms with E-state index in [9.17, 15) is 4.39 Å². The Hall–Kier alpha value is -2.01. The Bertz CT molecular complexity index is 606. The molecule has 0 bridgehead atoms. The van der Waals surface area contributed by atoms with Crippen LogP contribution in [0.4, 0.5) is 10.2 Å². The van der Waals surface area contributed by atoms with E-state index in [1.54, 1.807) is 6.92 Å². The predicted octanol–water partition coefficient (Wildman–Crippen LogP) is 2.75. The molecule has 0 saturated heterocycles. The maximum absolute atomic E-state index is 13.6. The highest BCUT2D eigenvalue weighted by Gasteiger charge is 2.23. The summed E-state index contributed by atoms with van der Waals surface area (Å²) in [6, 6.07) is 8.12. The van der Waals surface area contributed by atoms with Crippen molar-refractivity contribution in [1.82, 2.24) is 9.97 Å². The number of nitrogens with zero attached hydrogens (tertiary/aromatic N) is 2. The van der Waals surface area contributed by atoms with Crippen molar-refractivity contribution in [2.75, 3.05) is 5.43 Å². The van der Waals surface area contributed by atoms with Gasteiger partial charge in [0.1, 0.15) is 0 Å². The van der Waals surface area contributed by atoms with E-state index in [1.807, 2.05) is 12.1 Å². The zero-order valence-corrected chi connectivity index (χ0v) is 10.7. The van der Waals surface area contributed by atoms with E-state index in [-0.39, 0.29) is 11.5 Å². The maximum Gasteiger partial charge on any atom is 0.187 e. The first-order chi connectivity index (χ1) is 9.19. The molecule has 1 fully saturated rings. The molecule has 1 aromatic heterocycles. The van der Waals surface area contributed by atoms with Crippen molar-refractivity contribution in [3.8, 4) is 11.4 Å². The summed E-state index contributed by atoms with van der Waals surface area (Å²) in [5, 5.41) is 0. The molecule has 0 unspecified atom stereocenters. The SMILES string of the molecule is Cc1nc(-c2ccc(C3CC3)cc2)nc(NN)c1F. The number of nitrogens with two attached hydrogens (primary N) is 1. The molecule has 2 aromatic rings. The van der Waals surface area contributed by atoms with E-state index in [1.165, 1.54) is 18.4 Å². The fraction of sp³-hybridized carbons (Fsp3) is 0.286. The molecule has 98 valence electrons. The fourth-order valence-electron chi connectivity index (χ4n) is 2.11. The van der Waals surface area contributed by atoms with Gasteiger partial charge in [-0.15, -0.1) is 0 Å². The molecule has 1 saturated carbocycles. The standard InChI is InChI=1S/C14H15FN4/c1-8-12(15)14(19-16)18-13(17-8)11-6-4-10(5-7-11)9-2-3-9/h4-7,9H,2-3,16H2,1H3,(H,17,18,19). The lowest BCUT2D eigenvalue weighted by atomic mass is 10.1. The zero-order valence-electron chi connectivity index (χ0n) is 10.7. The Kier molecular flexibility index (Phi) is 2.91. The van der Waals surface area contributed by atoms with Crippen molar-refractivity contribution in [2.45, 2.75) is 25.7 Å². The lowest BCUT2D eigenvalue weighted by Crippen LogP contribution is -2.13. The van der Waals surface area contributed by atoms with Crippen LogP contribution in [0.15, 0.2) is 24.3 Å². The molecule has 1 aliphatic rings. The van der Waals surface area contributed by atoms with Crippen LogP contribution in [-0.4, -0.2) is 9.97 Å². The second-order valence-electron chi connectivity index (χ2n) is 4.84. The molecule has 0 radical (unpaired) electrons. The van der Waals surface area contributed by atoms with Crippen LogP contribution in [0.1, 0.15) is 30.0 Å². The topological polar surface area (TPSA) is 63.8 Å². The quantitative estimate of drug-likeness (QED) is 0.656. The number of hydrazine groups is 1. The molecule has 1 heterocycles. The summed E-state index contributed by atoms with van der Waals surface area (Å²) in [7, 11) is 0. The number of aromatic nitrogens is 2. The van der Waals surface area contributed by atoms with Gasteiger partial charge in [-0.1, -0.05) is 24.3 Å². The lowest BCUT2D eigenvalue weighted by Gasteiger charge is -2.07. The molecule has 1 aliphatic carbocycles. The number of benzene rings is 1. The number of nitrogens with one attached hydrogen (secondary N) is 1. The Morgan fingerprint density at radius 2 is 1.89 bits per heavy atom. The third-order valence-corrected chi connectivity index (χ3v) is 3.37. The highest BCUT2D eigenvalue weighted by molar-refractivity contribution is 5.58. The summed E-state index contributed by atoms with van der Waals surface area (Å²) in [5.74, 6) is 5.96. The Morgan fingerprint density at radius 1 is 1.21 bits per heavy atom. The first kappa shape index (κ1) is 12.0. The molecule has 0 aliphatic heterocycles.